The van der Waals surface area contributed by atoms with Crippen molar-refractivity contribution >= 4 is 21.6 Å². The van der Waals surface area contributed by atoms with E-state index in [0.29, 0.717) is 0 Å². The minimum atomic E-state index is -4.31. The summed E-state index contributed by atoms with van der Waals surface area (Å²) in [6.45, 7) is -2.97. The molecule has 0 aromatic rings. The number of hydrogen-bond acceptors (Lipinski definition) is 2. The predicted molar refractivity (Wildman–Crippen MR) is 46.0 cm³/mol. The van der Waals surface area contributed by atoms with Gasteiger partial charge in [-0.05, 0) is 0 Å². The van der Waals surface area contributed by atoms with Gasteiger partial charge in [0.2, 0.25) is 10.0 Å². The highest BCUT2D eigenvalue weighted by Gasteiger charge is 2.64. The number of nitrogens with zero attached hydrogens (tertiary/aromatic N) is 1. The molecule has 0 saturated carbocycles. The van der Waals surface area contributed by atoms with Crippen LogP contribution in [-0.4, -0.2) is 49.3 Å². The molecule has 9 heteroatoms. The Morgan fingerprint density at radius 1 is 1.13 bits per heavy atom. The minimum absolute atomic E-state index is 0.0788. The molecule has 1 heterocycles. The number of hydrogen-bond donors (Lipinski definition) is 0. The van der Waals surface area contributed by atoms with Gasteiger partial charge in [0, 0.05) is 5.88 Å². The highest BCUT2D eigenvalue weighted by atomic mass is 35.5. The molecule has 1 saturated heterocycles. The van der Waals surface area contributed by atoms with Crippen molar-refractivity contribution in [2.75, 3.05) is 24.7 Å². The van der Waals surface area contributed by atoms with Crippen LogP contribution in [0.25, 0.3) is 0 Å². The Hall–Kier alpha value is -0.0800. The Labute approximate surface area is 89.0 Å². The van der Waals surface area contributed by atoms with E-state index in [1.54, 1.807) is 0 Å². The Morgan fingerprint density at radius 2 is 1.53 bits per heavy atom. The Morgan fingerprint density at radius 3 is 1.87 bits per heavy atom. The standard InChI is InChI=1S/C6H8ClF4NO2S/c7-1-2-15(13,14)12-3-5(8,9)6(10,11)4-12/h1-4H2. The Balaban J connectivity index is 2.88. The Bertz CT molecular complexity index is 329. The molecule has 1 fully saturated rings. The molecule has 0 aromatic carbocycles. The summed E-state index contributed by atoms with van der Waals surface area (Å²) in [5.41, 5.74) is 0. The van der Waals surface area contributed by atoms with Gasteiger partial charge in [0.1, 0.15) is 0 Å². The van der Waals surface area contributed by atoms with Gasteiger partial charge in [-0.1, -0.05) is 0 Å². The second-order valence-electron chi connectivity index (χ2n) is 3.18. The van der Waals surface area contributed by atoms with Crippen LogP contribution in [0.15, 0.2) is 0 Å². The van der Waals surface area contributed by atoms with Crippen molar-refractivity contribution in [3.8, 4) is 0 Å². The van der Waals surface area contributed by atoms with Crippen LogP contribution in [0.5, 0.6) is 0 Å². The van der Waals surface area contributed by atoms with E-state index in [2.05, 4.69) is 0 Å². The van der Waals surface area contributed by atoms with Crippen molar-refractivity contribution in [1.82, 2.24) is 4.31 Å². The topological polar surface area (TPSA) is 37.4 Å². The van der Waals surface area contributed by atoms with E-state index in [1.807, 2.05) is 0 Å². The van der Waals surface area contributed by atoms with Crippen LogP contribution in [0.4, 0.5) is 17.6 Å². The third-order valence-electron chi connectivity index (χ3n) is 2.01. The van der Waals surface area contributed by atoms with Crippen molar-refractivity contribution in [2.45, 2.75) is 11.8 Å². The molecule has 0 unspecified atom stereocenters. The molecule has 1 aliphatic rings. The zero-order valence-electron chi connectivity index (χ0n) is 7.39. The van der Waals surface area contributed by atoms with E-state index in [4.69, 9.17) is 11.6 Å². The molecule has 0 spiro atoms. The molecule has 1 aliphatic heterocycles. The zero-order chi connectivity index (χ0) is 11.9. The van der Waals surface area contributed by atoms with Crippen LogP contribution in [0.1, 0.15) is 0 Å². The zero-order valence-corrected chi connectivity index (χ0v) is 8.96. The molecule has 1 rings (SSSR count). The molecule has 90 valence electrons. The molecular weight excluding hydrogens is 262 g/mol. The van der Waals surface area contributed by atoms with Gasteiger partial charge >= 0.3 is 11.8 Å². The Kier molecular flexibility index (Phi) is 3.24. The SMILES string of the molecule is O=S(=O)(CCCl)N1CC(F)(F)C(F)(F)C1. The van der Waals surface area contributed by atoms with Crippen LogP contribution in [0, 0.1) is 0 Å². The summed E-state index contributed by atoms with van der Waals surface area (Å²) >= 11 is 5.13. The minimum Gasteiger partial charge on any atom is -0.212 e. The maximum Gasteiger partial charge on any atom is 0.325 e. The largest absolute Gasteiger partial charge is 0.325 e. The van der Waals surface area contributed by atoms with E-state index >= 15 is 0 Å². The van der Waals surface area contributed by atoms with E-state index in [1.165, 1.54) is 0 Å². The number of alkyl halides is 5. The monoisotopic (exact) mass is 269 g/mol. The molecule has 0 N–H and O–H groups in total. The van der Waals surface area contributed by atoms with Gasteiger partial charge in [-0.3, -0.25) is 0 Å². The van der Waals surface area contributed by atoms with Gasteiger partial charge in [0.15, 0.2) is 0 Å². The van der Waals surface area contributed by atoms with Gasteiger partial charge in [0.05, 0.1) is 18.8 Å². The van der Waals surface area contributed by atoms with Crippen LogP contribution in [0.2, 0.25) is 0 Å². The van der Waals surface area contributed by atoms with Crippen molar-refractivity contribution in [3.05, 3.63) is 0 Å². The lowest BCUT2D eigenvalue weighted by Crippen LogP contribution is -2.38. The first-order valence-corrected chi connectivity index (χ1v) is 6.06. The van der Waals surface area contributed by atoms with E-state index in [-0.39, 0.29) is 10.2 Å². The number of halogens is 5. The van der Waals surface area contributed by atoms with Crippen LogP contribution in [-0.2, 0) is 10.0 Å². The molecule has 3 nitrogen and oxygen atoms in total. The average Bonchev–Trinajstić information content (AvgIpc) is 2.21. The first-order chi connectivity index (χ1) is 6.62. The first kappa shape index (κ1) is 13.0. The van der Waals surface area contributed by atoms with E-state index in [0.717, 1.165) is 0 Å². The molecule has 15 heavy (non-hydrogen) atoms. The third kappa shape index (κ3) is 2.36. The predicted octanol–water partition coefficient (Wildman–Crippen LogP) is 1.14. The highest BCUT2D eigenvalue weighted by molar-refractivity contribution is 7.89. The summed E-state index contributed by atoms with van der Waals surface area (Å²) in [5, 5.41) is 0. The summed E-state index contributed by atoms with van der Waals surface area (Å²) in [7, 11) is -4.11. The lowest BCUT2D eigenvalue weighted by atomic mass is 10.2. The average molecular weight is 270 g/mol. The van der Waals surface area contributed by atoms with Crippen LogP contribution in [0.3, 0.4) is 0 Å². The summed E-state index contributed by atoms with van der Waals surface area (Å²) in [6, 6.07) is 0. The fourth-order valence-corrected chi connectivity index (χ4v) is 2.91. The quantitative estimate of drug-likeness (QED) is 0.569. The smallest absolute Gasteiger partial charge is 0.212 e. The maximum atomic E-state index is 12.7. The molecule has 0 atom stereocenters. The lowest BCUT2D eigenvalue weighted by molar-refractivity contribution is -0.172. The maximum absolute atomic E-state index is 12.7. The summed E-state index contributed by atoms with van der Waals surface area (Å²) in [5.74, 6) is -9.57. The van der Waals surface area contributed by atoms with Crippen molar-refractivity contribution in [3.63, 3.8) is 0 Å². The molecule has 0 bridgehead atoms. The molecule has 0 aliphatic carbocycles. The van der Waals surface area contributed by atoms with Crippen molar-refractivity contribution in [1.29, 1.82) is 0 Å². The summed E-state index contributed by atoms with van der Waals surface area (Å²) in [6.07, 6.45) is 0. The highest BCUT2D eigenvalue weighted by Crippen LogP contribution is 2.41. The third-order valence-corrected chi connectivity index (χ3v) is 4.19. The molecular formula is C6H8ClF4NO2S. The van der Waals surface area contributed by atoms with Gasteiger partial charge in [-0.25, -0.2) is 8.42 Å². The second-order valence-corrected chi connectivity index (χ2v) is 5.65. The van der Waals surface area contributed by atoms with E-state index in [9.17, 15) is 26.0 Å². The van der Waals surface area contributed by atoms with Crippen LogP contribution >= 0.6 is 11.6 Å². The molecule has 0 radical (unpaired) electrons. The van der Waals surface area contributed by atoms with Crippen molar-refractivity contribution < 1.29 is 26.0 Å². The fourth-order valence-electron chi connectivity index (χ4n) is 1.15. The summed E-state index contributed by atoms with van der Waals surface area (Å²) in [4.78, 5) is 0. The number of rotatable bonds is 3. The summed E-state index contributed by atoms with van der Waals surface area (Å²) < 4.78 is 73.1. The van der Waals surface area contributed by atoms with E-state index < -0.39 is 40.7 Å². The van der Waals surface area contributed by atoms with Gasteiger partial charge in [-0.2, -0.15) is 21.9 Å². The normalized spacial score (nSPS) is 25.7. The van der Waals surface area contributed by atoms with Gasteiger partial charge in [-0.15, -0.1) is 11.6 Å². The van der Waals surface area contributed by atoms with Crippen molar-refractivity contribution in [2.24, 2.45) is 0 Å². The number of sulfonamides is 1. The molecule has 0 aromatic heterocycles. The first-order valence-electron chi connectivity index (χ1n) is 3.92. The fraction of sp³-hybridized carbons (Fsp3) is 1.00. The van der Waals surface area contributed by atoms with Gasteiger partial charge < -0.3 is 0 Å². The molecule has 0 amide bonds. The van der Waals surface area contributed by atoms with Crippen LogP contribution < -0.4 is 0 Å². The van der Waals surface area contributed by atoms with Gasteiger partial charge in [0.25, 0.3) is 0 Å². The lowest BCUT2D eigenvalue weighted by Gasteiger charge is -2.15. The second kappa shape index (κ2) is 3.74.